The molecule has 0 saturated carbocycles. The minimum absolute atomic E-state index is 0.444. The average molecular weight is 292 g/mol. The molecule has 0 fully saturated rings. The van der Waals surface area contributed by atoms with Gasteiger partial charge in [-0.1, -0.05) is 32.9 Å². The van der Waals surface area contributed by atoms with E-state index in [0.29, 0.717) is 12.1 Å². The van der Waals surface area contributed by atoms with Crippen molar-refractivity contribution >= 4 is 5.69 Å². The smallest absolute Gasteiger partial charge is 0.0637 e. The molecule has 0 aliphatic rings. The van der Waals surface area contributed by atoms with E-state index in [-0.39, 0.29) is 0 Å². The van der Waals surface area contributed by atoms with E-state index >= 15 is 0 Å². The summed E-state index contributed by atoms with van der Waals surface area (Å²) in [4.78, 5) is 2.48. The lowest BCUT2D eigenvalue weighted by atomic mass is 10.0. The van der Waals surface area contributed by atoms with E-state index in [1.54, 1.807) is 7.11 Å². The Kier molecular flexibility index (Phi) is 8.40. The number of anilines is 1. The normalized spacial score (nSPS) is 12.7. The number of methoxy groups -OCH3 is 1. The molecule has 0 saturated heterocycles. The fraction of sp³-hybridized carbons (Fsp3) is 0.667. The van der Waals surface area contributed by atoms with Crippen LogP contribution in [0, 0.1) is 0 Å². The molecule has 1 aromatic rings. The monoisotopic (exact) mass is 292 g/mol. The van der Waals surface area contributed by atoms with E-state index in [1.165, 1.54) is 11.3 Å². The van der Waals surface area contributed by atoms with Gasteiger partial charge in [0.05, 0.1) is 6.61 Å². The van der Waals surface area contributed by atoms with Gasteiger partial charge in [0, 0.05) is 31.4 Å². The molecule has 0 heterocycles. The topological polar surface area (TPSA) is 24.5 Å². The molecule has 1 rings (SSSR count). The highest BCUT2D eigenvalue weighted by Gasteiger charge is 2.16. The molecule has 3 nitrogen and oxygen atoms in total. The summed E-state index contributed by atoms with van der Waals surface area (Å²) in [5.41, 5.74) is 2.66. The van der Waals surface area contributed by atoms with Crippen LogP contribution in [0.25, 0.3) is 0 Å². The van der Waals surface area contributed by atoms with E-state index < -0.39 is 0 Å². The van der Waals surface area contributed by atoms with Crippen molar-refractivity contribution in [3.63, 3.8) is 0 Å². The Morgan fingerprint density at radius 2 is 1.67 bits per heavy atom. The molecule has 1 N–H and O–H groups in total. The predicted molar refractivity (Wildman–Crippen MR) is 92.1 cm³/mol. The molecule has 120 valence electrons. The van der Waals surface area contributed by atoms with Gasteiger partial charge in [0.2, 0.25) is 0 Å². The molecule has 0 radical (unpaired) electrons. The SMILES string of the molecule is CCC(NC)c1ccc(N(CCOC)C(CC)CC)cc1. The van der Waals surface area contributed by atoms with Gasteiger partial charge >= 0.3 is 0 Å². The van der Waals surface area contributed by atoms with Gasteiger partial charge in [0.25, 0.3) is 0 Å². The number of benzene rings is 1. The highest BCUT2D eigenvalue weighted by atomic mass is 16.5. The van der Waals surface area contributed by atoms with Crippen LogP contribution in [0.3, 0.4) is 0 Å². The van der Waals surface area contributed by atoms with E-state index in [9.17, 15) is 0 Å². The lowest BCUT2D eigenvalue weighted by Gasteiger charge is -2.33. The molecular weight excluding hydrogens is 260 g/mol. The Hall–Kier alpha value is -1.06. The second kappa shape index (κ2) is 9.80. The zero-order valence-electron chi connectivity index (χ0n) is 14.4. The number of nitrogens with one attached hydrogen (secondary N) is 1. The number of rotatable bonds is 10. The summed E-state index contributed by atoms with van der Waals surface area (Å²) in [6.45, 7) is 8.45. The maximum Gasteiger partial charge on any atom is 0.0637 e. The highest BCUT2D eigenvalue weighted by molar-refractivity contribution is 5.49. The number of ether oxygens (including phenoxy) is 1. The molecule has 1 unspecified atom stereocenters. The third kappa shape index (κ3) is 5.01. The minimum Gasteiger partial charge on any atom is -0.383 e. The van der Waals surface area contributed by atoms with Crippen molar-refractivity contribution < 1.29 is 4.74 Å². The average Bonchev–Trinajstić information content (AvgIpc) is 2.53. The summed E-state index contributed by atoms with van der Waals surface area (Å²) in [7, 11) is 3.80. The minimum atomic E-state index is 0.444. The van der Waals surface area contributed by atoms with Crippen LogP contribution >= 0.6 is 0 Å². The van der Waals surface area contributed by atoms with E-state index in [4.69, 9.17) is 4.74 Å². The molecular formula is C18H32N2O. The predicted octanol–water partition coefficient (Wildman–Crippen LogP) is 4.00. The molecule has 1 aromatic carbocycles. The zero-order chi connectivity index (χ0) is 15.7. The maximum atomic E-state index is 5.28. The second-order valence-electron chi connectivity index (χ2n) is 5.50. The Balaban J connectivity index is 2.91. The van der Waals surface area contributed by atoms with Crippen LogP contribution in [0.4, 0.5) is 5.69 Å². The van der Waals surface area contributed by atoms with Crippen LogP contribution in [0.1, 0.15) is 51.6 Å². The summed E-state index contributed by atoms with van der Waals surface area (Å²) >= 11 is 0. The van der Waals surface area contributed by atoms with Gasteiger partial charge in [-0.3, -0.25) is 0 Å². The van der Waals surface area contributed by atoms with Gasteiger partial charge in [-0.05, 0) is 44.0 Å². The van der Waals surface area contributed by atoms with Crippen molar-refractivity contribution in [3.05, 3.63) is 29.8 Å². The maximum absolute atomic E-state index is 5.28. The first-order valence-electron chi connectivity index (χ1n) is 8.24. The fourth-order valence-electron chi connectivity index (χ4n) is 2.95. The van der Waals surface area contributed by atoms with Crippen molar-refractivity contribution in [2.24, 2.45) is 0 Å². The second-order valence-corrected chi connectivity index (χ2v) is 5.50. The number of hydrogen-bond donors (Lipinski definition) is 1. The fourth-order valence-corrected chi connectivity index (χ4v) is 2.95. The van der Waals surface area contributed by atoms with E-state index in [2.05, 4.69) is 55.3 Å². The van der Waals surface area contributed by atoms with Crippen molar-refractivity contribution in [2.45, 2.75) is 52.1 Å². The van der Waals surface area contributed by atoms with Gasteiger partial charge in [-0.2, -0.15) is 0 Å². The highest BCUT2D eigenvalue weighted by Crippen LogP contribution is 2.24. The van der Waals surface area contributed by atoms with E-state index in [0.717, 1.165) is 32.4 Å². The summed E-state index contributed by atoms with van der Waals surface area (Å²) in [6.07, 6.45) is 3.43. The van der Waals surface area contributed by atoms with E-state index in [1.807, 2.05) is 7.05 Å². The quantitative estimate of drug-likeness (QED) is 0.705. The number of hydrogen-bond acceptors (Lipinski definition) is 3. The third-order valence-electron chi connectivity index (χ3n) is 4.30. The van der Waals surface area contributed by atoms with Crippen LogP contribution in [0.5, 0.6) is 0 Å². The summed E-state index contributed by atoms with van der Waals surface area (Å²) in [6, 6.07) is 10.0. The Morgan fingerprint density at radius 3 is 2.10 bits per heavy atom. The molecule has 1 atom stereocenters. The van der Waals surface area contributed by atoms with Crippen LogP contribution < -0.4 is 10.2 Å². The van der Waals surface area contributed by atoms with Gasteiger partial charge in [0.1, 0.15) is 0 Å². The van der Waals surface area contributed by atoms with Crippen LogP contribution in [0.2, 0.25) is 0 Å². The summed E-state index contributed by atoms with van der Waals surface area (Å²) in [5, 5.41) is 3.36. The molecule has 0 aromatic heterocycles. The largest absolute Gasteiger partial charge is 0.383 e. The molecule has 0 spiro atoms. The van der Waals surface area contributed by atoms with Crippen molar-refractivity contribution in [2.75, 3.05) is 32.2 Å². The van der Waals surface area contributed by atoms with Crippen molar-refractivity contribution in [1.82, 2.24) is 5.32 Å². The number of nitrogens with zero attached hydrogens (tertiary/aromatic N) is 1. The summed E-state index contributed by atoms with van der Waals surface area (Å²) in [5.74, 6) is 0. The third-order valence-corrected chi connectivity index (χ3v) is 4.30. The van der Waals surface area contributed by atoms with Crippen molar-refractivity contribution in [1.29, 1.82) is 0 Å². The molecule has 0 amide bonds. The van der Waals surface area contributed by atoms with Crippen LogP contribution in [-0.2, 0) is 4.74 Å². The van der Waals surface area contributed by atoms with Gasteiger partial charge in [-0.25, -0.2) is 0 Å². The Morgan fingerprint density at radius 1 is 1.05 bits per heavy atom. The molecule has 0 bridgehead atoms. The Bertz CT molecular complexity index is 369. The first-order valence-corrected chi connectivity index (χ1v) is 8.24. The van der Waals surface area contributed by atoms with Gasteiger partial charge in [-0.15, -0.1) is 0 Å². The lowest BCUT2D eigenvalue weighted by Crippen LogP contribution is -2.37. The van der Waals surface area contributed by atoms with Crippen molar-refractivity contribution in [3.8, 4) is 0 Å². The standard InChI is InChI=1S/C18H32N2O/c1-6-16(7-2)20(13-14-21-5)17-11-9-15(10-12-17)18(8-3)19-4/h9-12,16,18-19H,6-8,13-14H2,1-5H3. The molecule has 0 aliphatic carbocycles. The zero-order valence-corrected chi connectivity index (χ0v) is 14.4. The van der Waals surface area contributed by atoms with Gasteiger partial charge in [0.15, 0.2) is 0 Å². The molecule has 21 heavy (non-hydrogen) atoms. The van der Waals surface area contributed by atoms with Gasteiger partial charge < -0.3 is 15.0 Å². The first kappa shape index (κ1) is 18.0. The van der Waals surface area contributed by atoms with Crippen LogP contribution in [0.15, 0.2) is 24.3 Å². The lowest BCUT2D eigenvalue weighted by molar-refractivity contribution is 0.202. The van der Waals surface area contributed by atoms with Crippen LogP contribution in [-0.4, -0.2) is 33.4 Å². The first-order chi connectivity index (χ1) is 10.2. The summed E-state index contributed by atoms with van der Waals surface area (Å²) < 4.78 is 5.28. The molecule has 0 aliphatic heterocycles. The molecule has 3 heteroatoms. The Labute approximate surface area is 130 Å².